The monoisotopic (exact) mass is 769 g/mol. The number of sulfonamides is 1. The predicted octanol–water partition coefficient (Wildman–Crippen LogP) is 5.02. The minimum atomic E-state index is -3.82. The highest BCUT2D eigenvalue weighted by atomic mass is 32.2. The van der Waals surface area contributed by atoms with E-state index in [2.05, 4.69) is 10.6 Å². The zero-order valence-corrected chi connectivity index (χ0v) is 31.4. The van der Waals surface area contributed by atoms with E-state index in [-0.39, 0.29) is 42.2 Å². The van der Waals surface area contributed by atoms with Gasteiger partial charge in [-0.1, -0.05) is 42.5 Å². The van der Waals surface area contributed by atoms with Crippen molar-refractivity contribution < 1.29 is 50.8 Å². The molecule has 0 aromatic heterocycles. The number of methoxy groups -OCH3 is 2. The fourth-order valence-electron chi connectivity index (χ4n) is 5.39. The molecule has 4 aromatic carbocycles. The topological polar surface area (TPSA) is 153 Å². The molecule has 0 saturated heterocycles. The third-order valence-corrected chi connectivity index (χ3v) is 9.75. The number of aliphatic hydroxyl groups excluding tert-OH is 1. The molecule has 0 aliphatic rings. The number of halogens is 2. The molecule has 0 bridgehead atoms. The van der Waals surface area contributed by atoms with Gasteiger partial charge < -0.3 is 34.7 Å². The maximum Gasteiger partial charge on any atom is 0.251 e. The molecule has 0 saturated carbocycles. The molecule has 4 aromatic rings. The van der Waals surface area contributed by atoms with E-state index >= 15 is 0 Å². The lowest BCUT2D eigenvalue weighted by atomic mass is 10.0. The quantitative estimate of drug-likeness (QED) is 0.119. The molecule has 4 atom stereocenters. The smallest absolute Gasteiger partial charge is 0.251 e. The second kappa shape index (κ2) is 19.3. The average Bonchev–Trinajstić information content (AvgIpc) is 3.14. The summed E-state index contributed by atoms with van der Waals surface area (Å²) in [6, 6.07) is 21.3. The van der Waals surface area contributed by atoms with Gasteiger partial charge in [0.2, 0.25) is 10.0 Å². The number of hydrogen-bond donors (Lipinski definition) is 3. The molecule has 0 radical (unpaired) electrons. The number of benzene rings is 4. The Balaban J connectivity index is 1.58. The van der Waals surface area contributed by atoms with E-state index in [1.807, 2.05) is 48.5 Å². The van der Waals surface area contributed by atoms with Gasteiger partial charge in [0.25, 0.3) is 11.8 Å². The van der Waals surface area contributed by atoms with Gasteiger partial charge >= 0.3 is 0 Å². The van der Waals surface area contributed by atoms with Crippen LogP contribution in [-0.2, 0) is 26.1 Å². The summed E-state index contributed by atoms with van der Waals surface area (Å²) in [5.74, 6) is -2.68. The second-order valence-corrected chi connectivity index (χ2v) is 14.6. The number of anilines is 1. The summed E-state index contributed by atoms with van der Waals surface area (Å²) in [6.07, 6.45) is -1.11. The number of amides is 2. The number of carbonyl (C=O) groups is 2. The Kier molecular flexibility index (Phi) is 14.9. The molecule has 2 amide bonds. The van der Waals surface area contributed by atoms with Crippen molar-refractivity contribution in [1.29, 1.82) is 0 Å². The molecule has 0 spiro atoms. The molecule has 12 nitrogen and oxygen atoms in total. The van der Waals surface area contributed by atoms with Crippen molar-refractivity contribution in [2.24, 2.45) is 0 Å². The first-order chi connectivity index (χ1) is 25.7. The molecule has 0 aliphatic carbocycles. The fourth-order valence-corrected chi connectivity index (χ4v) is 5.87. The van der Waals surface area contributed by atoms with Gasteiger partial charge in [-0.15, -0.1) is 0 Å². The maximum absolute atomic E-state index is 14.0. The SMILES string of the molecule is COc1cccc(COCC(CC(O)[C@H](COc2cc(F)cc(F)c2)NC(=O)c2cc(C(=O)N[C@H](C)c3ccccc3)cc(N(C)S(C)(=O)=O)c2)OC)c1. The number of carbonyl (C=O) groups excluding carboxylic acids is 2. The van der Waals surface area contributed by atoms with E-state index in [1.165, 1.54) is 32.4 Å². The van der Waals surface area contributed by atoms with Crippen molar-refractivity contribution in [2.45, 2.75) is 44.2 Å². The minimum Gasteiger partial charge on any atom is -0.497 e. The highest BCUT2D eigenvalue weighted by Crippen LogP contribution is 2.23. The number of hydrogen-bond acceptors (Lipinski definition) is 9. The van der Waals surface area contributed by atoms with Gasteiger partial charge in [-0.3, -0.25) is 13.9 Å². The lowest BCUT2D eigenvalue weighted by Gasteiger charge is -2.27. The summed E-state index contributed by atoms with van der Waals surface area (Å²) < 4.78 is 76.1. The number of nitrogens with zero attached hydrogens (tertiary/aromatic N) is 1. The van der Waals surface area contributed by atoms with Crippen LogP contribution in [0.5, 0.6) is 11.5 Å². The first-order valence-electron chi connectivity index (χ1n) is 16.9. The van der Waals surface area contributed by atoms with E-state index in [1.54, 1.807) is 20.1 Å². The van der Waals surface area contributed by atoms with Crippen molar-refractivity contribution in [2.75, 3.05) is 45.0 Å². The molecular weight excluding hydrogens is 725 g/mol. The normalized spacial score (nSPS) is 13.6. The van der Waals surface area contributed by atoms with Crippen LogP contribution in [0.1, 0.15) is 51.2 Å². The molecule has 15 heteroatoms. The highest BCUT2D eigenvalue weighted by molar-refractivity contribution is 7.92. The van der Waals surface area contributed by atoms with Gasteiger partial charge in [-0.2, -0.15) is 0 Å². The van der Waals surface area contributed by atoms with Crippen LogP contribution >= 0.6 is 0 Å². The third kappa shape index (κ3) is 12.2. The van der Waals surface area contributed by atoms with Gasteiger partial charge in [-0.25, -0.2) is 17.2 Å². The summed E-state index contributed by atoms with van der Waals surface area (Å²) in [5, 5.41) is 17.0. The van der Waals surface area contributed by atoms with Crippen molar-refractivity contribution in [1.82, 2.24) is 10.6 Å². The number of ether oxygens (including phenoxy) is 4. The first kappa shape index (κ1) is 41.7. The van der Waals surface area contributed by atoms with Crippen LogP contribution in [-0.4, -0.2) is 84.3 Å². The molecular formula is C39H45F2N3O9S. The Morgan fingerprint density at radius 1 is 0.833 bits per heavy atom. The Morgan fingerprint density at radius 2 is 1.48 bits per heavy atom. The molecule has 4 rings (SSSR count). The van der Waals surface area contributed by atoms with Crippen LogP contribution in [0.2, 0.25) is 0 Å². The molecule has 0 heterocycles. The fraction of sp³-hybridized carbons (Fsp3) is 0.333. The zero-order chi connectivity index (χ0) is 39.4. The van der Waals surface area contributed by atoms with Crippen LogP contribution in [0.3, 0.4) is 0 Å². The second-order valence-electron chi connectivity index (χ2n) is 12.6. The zero-order valence-electron chi connectivity index (χ0n) is 30.6. The average molecular weight is 770 g/mol. The van der Waals surface area contributed by atoms with Gasteiger partial charge in [0.15, 0.2) is 0 Å². The van der Waals surface area contributed by atoms with Gasteiger partial charge in [-0.05, 0) is 48.4 Å². The van der Waals surface area contributed by atoms with Crippen molar-refractivity contribution in [3.63, 3.8) is 0 Å². The van der Waals surface area contributed by atoms with E-state index in [4.69, 9.17) is 18.9 Å². The molecule has 0 aliphatic heterocycles. The predicted molar refractivity (Wildman–Crippen MR) is 199 cm³/mol. The number of nitrogens with one attached hydrogen (secondary N) is 2. The van der Waals surface area contributed by atoms with Crippen LogP contribution < -0.4 is 24.4 Å². The number of aliphatic hydroxyl groups is 1. The lowest BCUT2D eigenvalue weighted by molar-refractivity contribution is -0.0311. The maximum atomic E-state index is 14.0. The Morgan fingerprint density at radius 3 is 2.09 bits per heavy atom. The molecule has 0 fully saturated rings. The van der Waals surface area contributed by atoms with E-state index in [0.29, 0.717) is 11.8 Å². The van der Waals surface area contributed by atoms with Crippen LogP contribution in [0.4, 0.5) is 14.5 Å². The Hall–Kier alpha value is -5.09. The Bertz CT molecular complexity index is 1970. The van der Waals surface area contributed by atoms with Gasteiger partial charge in [0.1, 0.15) is 29.7 Å². The van der Waals surface area contributed by atoms with Crippen molar-refractivity contribution in [3.8, 4) is 11.5 Å². The molecule has 3 N–H and O–H groups in total. The third-order valence-electron chi connectivity index (χ3n) is 8.54. The highest BCUT2D eigenvalue weighted by Gasteiger charge is 2.28. The standard InChI is InChI=1S/C39H45F2N3O9S/c1-25(27-11-7-6-8-12-27)42-38(46)28-15-29(17-32(16-28)44(2)54(5,48)49)39(47)43-36(24-53-34-19-30(40)18-31(41)20-34)37(45)21-35(51-4)23-52-22-26-10-9-13-33(14-26)50-3/h6-20,25,35-37,45H,21-24H2,1-5H3,(H,42,46)(H,43,47)/t25-,35?,36+,37?/m1/s1. The minimum absolute atomic E-state index is 0.00727. The summed E-state index contributed by atoms with van der Waals surface area (Å²) in [5.41, 5.74) is 1.57. The molecule has 290 valence electrons. The van der Waals surface area contributed by atoms with Gasteiger partial charge in [0.05, 0.1) is 56.6 Å². The van der Waals surface area contributed by atoms with Crippen molar-refractivity contribution >= 4 is 27.5 Å². The summed E-state index contributed by atoms with van der Waals surface area (Å²) in [4.78, 5) is 27.4. The van der Waals surface area contributed by atoms with Crippen molar-refractivity contribution in [3.05, 3.63) is 125 Å². The molecule has 54 heavy (non-hydrogen) atoms. The molecule has 2 unspecified atom stereocenters. The van der Waals surface area contributed by atoms with Crippen LogP contribution in [0.15, 0.2) is 91.0 Å². The van der Waals surface area contributed by atoms with E-state index in [9.17, 15) is 31.9 Å². The summed E-state index contributed by atoms with van der Waals surface area (Å²) in [6.45, 7) is 1.61. The largest absolute Gasteiger partial charge is 0.497 e. The summed E-state index contributed by atoms with van der Waals surface area (Å²) in [7, 11) is 0.447. The van der Waals surface area contributed by atoms with E-state index in [0.717, 1.165) is 33.8 Å². The first-order valence-corrected chi connectivity index (χ1v) is 18.8. The van der Waals surface area contributed by atoms with E-state index < -0.39 is 64.4 Å². The Labute approximate surface area is 314 Å². The van der Waals surface area contributed by atoms with Gasteiger partial charge in [0, 0.05) is 49.9 Å². The number of rotatable bonds is 19. The summed E-state index contributed by atoms with van der Waals surface area (Å²) >= 11 is 0. The van der Waals surface area contributed by atoms with Crippen LogP contribution in [0, 0.1) is 11.6 Å². The van der Waals surface area contributed by atoms with Crippen LogP contribution in [0.25, 0.3) is 0 Å². The lowest BCUT2D eigenvalue weighted by Crippen LogP contribution is -2.48.